The van der Waals surface area contributed by atoms with Crippen LogP contribution in [0.3, 0.4) is 0 Å². The molecule has 0 bridgehead atoms. The summed E-state index contributed by atoms with van der Waals surface area (Å²) in [5.74, 6) is 1.17. The summed E-state index contributed by atoms with van der Waals surface area (Å²) < 4.78 is 0. The average Bonchev–Trinajstić information content (AvgIpc) is 3.31. The molecule has 0 aromatic carbocycles. The number of hydrogen-bond acceptors (Lipinski definition) is 3. The highest BCUT2D eigenvalue weighted by molar-refractivity contribution is 5.48. The van der Waals surface area contributed by atoms with Crippen molar-refractivity contribution >= 4 is 5.82 Å². The van der Waals surface area contributed by atoms with Crippen molar-refractivity contribution in [2.75, 3.05) is 11.4 Å². The fourth-order valence-electron chi connectivity index (χ4n) is 2.66. The summed E-state index contributed by atoms with van der Waals surface area (Å²) >= 11 is 0. The number of aromatic nitrogens is 1. The highest BCUT2D eigenvalue weighted by Crippen LogP contribution is 2.23. The van der Waals surface area contributed by atoms with E-state index in [9.17, 15) is 0 Å². The number of unbranched alkanes of at least 4 members (excludes halogenated alkanes) is 1. The van der Waals surface area contributed by atoms with Crippen LogP contribution in [0.1, 0.15) is 64.0 Å². The van der Waals surface area contributed by atoms with E-state index in [2.05, 4.69) is 50.2 Å². The van der Waals surface area contributed by atoms with Gasteiger partial charge in [-0.25, -0.2) is 4.98 Å². The van der Waals surface area contributed by atoms with E-state index in [1.807, 2.05) is 0 Å². The van der Waals surface area contributed by atoms with E-state index >= 15 is 0 Å². The van der Waals surface area contributed by atoms with Crippen molar-refractivity contribution in [2.45, 2.75) is 78.4 Å². The Kier molecular flexibility index (Phi) is 6.04. The van der Waals surface area contributed by atoms with Crippen LogP contribution in [0.2, 0.25) is 0 Å². The van der Waals surface area contributed by atoms with Gasteiger partial charge in [0.15, 0.2) is 0 Å². The number of hydrogen-bond donors (Lipinski definition) is 1. The van der Waals surface area contributed by atoms with Crippen LogP contribution in [0.15, 0.2) is 12.3 Å². The van der Waals surface area contributed by atoms with Crippen molar-refractivity contribution in [1.82, 2.24) is 10.3 Å². The van der Waals surface area contributed by atoms with E-state index in [1.165, 1.54) is 42.6 Å². The molecule has 0 aliphatic heterocycles. The van der Waals surface area contributed by atoms with E-state index < -0.39 is 0 Å². The second kappa shape index (κ2) is 7.79. The van der Waals surface area contributed by atoms with Crippen molar-refractivity contribution < 1.29 is 0 Å². The zero-order valence-electron chi connectivity index (χ0n) is 14.2. The maximum absolute atomic E-state index is 4.78. The Morgan fingerprint density at radius 2 is 2.14 bits per heavy atom. The second-order valence-corrected chi connectivity index (χ2v) is 6.44. The third kappa shape index (κ3) is 4.70. The normalized spacial score (nSPS) is 16.0. The molecular weight excluding hydrogens is 258 g/mol. The summed E-state index contributed by atoms with van der Waals surface area (Å²) in [5, 5.41) is 3.56. The lowest BCUT2D eigenvalue weighted by Crippen LogP contribution is -2.34. The fraction of sp³-hybridized carbons (Fsp3) is 0.722. The summed E-state index contributed by atoms with van der Waals surface area (Å²) in [7, 11) is 0. The van der Waals surface area contributed by atoms with Crippen LogP contribution >= 0.6 is 0 Å². The molecule has 1 aliphatic rings. The van der Waals surface area contributed by atoms with E-state index in [1.54, 1.807) is 0 Å². The number of nitrogens with one attached hydrogen (secondary N) is 1. The molecule has 1 unspecified atom stereocenters. The first-order chi connectivity index (χ1) is 10.2. The van der Waals surface area contributed by atoms with Crippen molar-refractivity contribution in [3.63, 3.8) is 0 Å². The van der Waals surface area contributed by atoms with E-state index in [4.69, 9.17) is 4.98 Å². The summed E-state index contributed by atoms with van der Waals surface area (Å²) in [4.78, 5) is 7.27. The molecule has 0 amide bonds. The first kappa shape index (κ1) is 16.3. The molecule has 1 saturated carbocycles. The summed E-state index contributed by atoms with van der Waals surface area (Å²) in [6.45, 7) is 11.1. The van der Waals surface area contributed by atoms with Crippen LogP contribution in [0.5, 0.6) is 0 Å². The molecule has 1 aromatic heterocycles. The lowest BCUT2D eigenvalue weighted by molar-refractivity contribution is 0.587. The zero-order valence-corrected chi connectivity index (χ0v) is 14.2. The topological polar surface area (TPSA) is 28.2 Å². The minimum Gasteiger partial charge on any atom is -0.354 e. The molecule has 0 saturated heterocycles. The molecule has 3 heteroatoms. The van der Waals surface area contributed by atoms with Gasteiger partial charge in [-0.2, -0.15) is 0 Å². The summed E-state index contributed by atoms with van der Waals surface area (Å²) in [5.41, 5.74) is 2.62. The standard InChI is InChI=1S/C18H31N3/c1-5-7-10-21(15(4)6-2)18-14(3)11-16(13-20-18)12-19-17-8-9-17/h11,13,15,17,19H,5-10,12H2,1-4H3. The van der Waals surface area contributed by atoms with Crippen molar-refractivity contribution in [3.8, 4) is 0 Å². The molecule has 1 heterocycles. The first-order valence-electron chi connectivity index (χ1n) is 8.61. The Labute approximate surface area is 130 Å². The van der Waals surface area contributed by atoms with E-state index in [0.29, 0.717) is 6.04 Å². The van der Waals surface area contributed by atoms with Gasteiger partial charge in [0.25, 0.3) is 0 Å². The monoisotopic (exact) mass is 289 g/mol. The van der Waals surface area contributed by atoms with Gasteiger partial charge in [-0.05, 0) is 56.7 Å². The lowest BCUT2D eigenvalue weighted by atomic mass is 10.1. The van der Waals surface area contributed by atoms with Crippen molar-refractivity contribution in [2.24, 2.45) is 0 Å². The Hall–Kier alpha value is -1.09. The van der Waals surface area contributed by atoms with Crippen LogP contribution < -0.4 is 10.2 Å². The summed E-state index contributed by atoms with van der Waals surface area (Å²) in [6, 6.07) is 3.61. The van der Waals surface area contributed by atoms with Gasteiger partial charge in [0.05, 0.1) is 0 Å². The third-order valence-corrected chi connectivity index (χ3v) is 4.43. The molecule has 2 rings (SSSR count). The Balaban J connectivity index is 2.07. The predicted molar refractivity (Wildman–Crippen MR) is 90.8 cm³/mol. The van der Waals surface area contributed by atoms with Gasteiger partial charge in [0, 0.05) is 31.4 Å². The van der Waals surface area contributed by atoms with Gasteiger partial charge in [-0.15, -0.1) is 0 Å². The van der Waals surface area contributed by atoms with E-state index in [0.717, 1.165) is 25.6 Å². The number of anilines is 1. The number of rotatable bonds is 9. The van der Waals surface area contributed by atoms with Gasteiger partial charge in [0.2, 0.25) is 0 Å². The predicted octanol–water partition coefficient (Wildman–Crippen LogP) is 4.05. The van der Waals surface area contributed by atoms with Crippen molar-refractivity contribution in [1.29, 1.82) is 0 Å². The SMILES string of the molecule is CCCCN(c1ncc(CNC2CC2)cc1C)C(C)CC. The molecule has 118 valence electrons. The Morgan fingerprint density at radius 1 is 1.38 bits per heavy atom. The van der Waals surface area contributed by atoms with Gasteiger partial charge in [-0.3, -0.25) is 0 Å². The van der Waals surface area contributed by atoms with Gasteiger partial charge in [0.1, 0.15) is 5.82 Å². The molecule has 1 N–H and O–H groups in total. The van der Waals surface area contributed by atoms with Crippen LogP contribution in [-0.4, -0.2) is 23.6 Å². The van der Waals surface area contributed by atoms with Crippen molar-refractivity contribution in [3.05, 3.63) is 23.4 Å². The number of nitrogens with zero attached hydrogens (tertiary/aromatic N) is 2. The highest BCUT2D eigenvalue weighted by atomic mass is 15.2. The number of pyridine rings is 1. The highest BCUT2D eigenvalue weighted by Gasteiger charge is 2.20. The maximum atomic E-state index is 4.78. The van der Waals surface area contributed by atoms with Crippen LogP contribution in [-0.2, 0) is 6.54 Å². The Bertz CT molecular complexity index is 440. The minimum absolute atomic E-state index is 0.554. The average molecular weight is 289 g/mol. The molecule has 0 spiro atoms. The van der Waals surface area contributed by atoms with Gasteiger partial charge < -0.3 is 10.2 Å². The molecular formula is C18H31N3. The Morgan fingerprint density at radius 3 is 2.71 bits per heavy atom. The van der Waals surface area contributed by atoms with Gasteiger partial charge in [-0.1, -0.05) is 20.3 Å². The molecule has 1 fully saturated rings. The second-order valence-electron chi connectivity index (χ2n) is 6.44. The lowest BCUT2D eigenvalue weighted by Gasteiger charge is -2.31. The van der Waals surface area contributed by atoms with Crippen LogP contribution in [0, 0.1) is 6.92 Å². The summed E-state index contributed by atoms with van der Waals surface area (Å²) in [6.07, 6.45) is 8.35. The molecule has 1 atom stereocenters. The van der Waals surface area contributed by atoms with Crippen LogP contribution in [0.25, 0.3) is 0 Å². The molecule has 1 aliphatic carbocycles. The number of aryl methyl sites for hydroxylation is 1. The quantitative estimate of drug-likeness (QED) is 0.743. The largest absolute Gasteiger partial charge is 0.354 e. The smallest absolute Gasteiger partial charge is 0.131 e. The maximum Gasteiger partial charge on any atom is 0.131 e. The minimum atomic E-state index is 0.554. The third-order valence-electron chi connectivity index (χ3n) is 4.43. The van der Waals surface area contributed by atoms with Crippen LogP contribution in [0.4, 0.5) is 5.82 Å². The fourth-order valence-corrected chi connectivity index (χ4v) is 2.66. The molecule has 1 aromatic rings. The molecule has 0 radical (unpaired) electrons. The van der Waals surface area contributed by atoms with E-state index in [-0.39, 0.29) is 0 Å². The molecule has 21 heavy (non-hydrogen) atoms. The zero-order chi connectivity index (χ0) is 15.2. The molecule has 3 nitrogen and oxygen atoms in total. The van der Waals surface area contributed by atoms with Gasteiger partial charge >= 0.3 is 0 Å². The first-order valence-corrected chi connectivity index (χ1v) is 8.61.